The number of halogens is 1. The fraction of sp³-hybridized carbons (Fsp3) is 0.467. The molecule has 0 unspecified atom stereocenters. The Labute approximate surface area is 133 Å². The standard InChI is InChI=1S/C15H18ClN3OS/c1-10-9-20-14(12-4-3-5-13(16)6-12)7-19(10)8-15-18-17-11(2)21-15/h3-6,10,14H,7-9H2,1-2H3/t10-,14-/m1/s1. The third-order valence-electron chi connectivity index (χ3n) is 3.69. The van der Waals surface area contributed by atoms with Crippen molar-refractivity contribution in [2.75, 3.05) is 13.2 Å². The van der Waals surface area contributed by atoms with Crippen LogP contribution in [0.2, 0.25) is 5.02 Å². The van der Waals surface area contributed by atoms with E-state index in [1.165, 1.54) is 0 Å². The number of hydrogen-bond donors (Lipinski definition) is 0. The molecule has 4 nitrogen and oxygen atoms in total. The molecule has 1 saturated heterocycles. The van der Waals surface area contributed by atoms with Crippen LogP contribution in [0.5, 0.6) is 0 Å². The van der Waals surface area contributed by atoms with Gasteiger partial charge in [-0.15, -0.1) is 21.5 Å². The first-order valence-corrected chi connectivity index (χ1v) is 8.21. The Morgan fingerprint density at radius 3 is 3.00 bits per heavy atom. The van der Waals surface area contributed by atoms with Crippen molar-refractivity contribution in [1.29, 1.82) is 0 Å². The summed E-state index contributed by atoms with van der Waals surface area (Å²) < 4.78 is 5.97. The summed E-state index contributed by atoms with van der Waals surface area (Å²) in [6.45, 7) is 6.56. The van der Waals surface area contributed by atoms with Crippen LogP contribution in [0.15, 0.2) is 24.3 Å². The van der Waals surface area contributed by atoms with Gasteiger partial charge in [0, 0.05) is 17.6 Å². The van der Waals surface area contributed by atoms with Crippen molar-refractivity contribution < 1.29 is 4.74 Å². The quantitative estimate of drug-likeness (QED) is 0.867. The van der Waals surface area contributed by atoms with Crippen molar-refractivity contribution in [2.24, 2.45) is 0 Å². The van der Waals surface area contributed by atoms with E-state index in [1.807, 2.05) is 25.1 Å². The van der Waals surface area contributed by atoms with Gasteiger partial charge in [-0.25, -0.2) is 0 Å². The number of aromatic nitrogens is 2. The molecule has 6 heteroatoms. The first-order valence-electron chi connectivity index (χ1n) is 7.02. The van der Waals surface area contributed by atoms with E-state index in [2.05, 4.69) is 28.1 Å². The van der Waals surface area contributed by atoms with E-state index in [0.717, 1.165) is 40.3 Å². The van der Waals surface area contributed by atoms with Crippen molar-refractivity contribution in [3.63, 3.8) is 0 Å². The number of hydrogen-bond acceptors (Lipinski definition) is 5. The molecule has 0 saturated carbocycles. The van der Waals surface area contributed by atoms with Crippen molar-refractivity contribution in [2.45, 2.75) is 32.5 Å². The molecular weight excluding hydrogens is 306 g/mol. The molecule has 1 fully saturated rings. The number of rotatable bonds is 3. The lowest BCUT2D eigenvalue weighted by Crippen LogP contribution is -2.44. The highest BCUT2D eigenvalue weighted by Crippen LogP contribution is 2.28. The molecule has 0 aliphatic carbocycles. The number of ether oxygens (including phenoxy) is 1. The van der Waals surface area contributed by atoms with Crippen LogP contribution >= 0.6 is 22.9 Å². The van der Waals surface area contributed by atoms with Crippen LogP contribution in [0.25, 0.3) is 0 Å². The van der Waals surface area contributed by atoms with Gasteiger partial charge in [-0.1, -0.05) is 23.7 Å². The van der Waals surface area contributed by atoms with Crippen LogP contribution in [0.1, 0.15) is 28.6 Å². The molecule has 1 aromatic carbocycles. The van der Waals surface area contributed by atoms with E-state index < -0.39 is 0 Å². The molecule has 2 heterocycles. The van der Waals surface area contributed by atoms with E-state index in [4.69, 9.17) is 16.3 Å². The third kappa shape index (κ3) is 3.61. The topological polar surface area (TPSA) is 38.2 Å². The second-order valence-corrected chi connectivity index (χ2v) is 7.07. The van der Waals surface area contributed by atoms with Gasteiger partial charge >= 0.3 is 0 Å². The third-order valence-corrected chi connectivity index (χ3v) is 4.75. The van der Waals surface area contributed by atoms with E-state index in [1.54, 1.807) is 11.3 Å². The lowest BCUT2D eigenvalue weighted by atomic mass is 10.1. The van der Waals surface area contributed by atoms with Crippen LogP contribution in [0.4, 0.5) is 0 Å². The monoisotopic (exact) mass is 323 g/mol. The Bertz CT molecular complexity index is 618. The minimum atomic E-state index is 0.0638. The molecule has 0 amide bonds. The molecule has 3 rings (SSSR count). The van der Waals surface area contributed by atoms with Crippen LogP contribution in [0.3, 0.4) is 0 Å². The molecular formula is C15H18ClN3OS. The molecule has 1 aliphatic rings. The van der Waals surface area contributed by atoms with Crippen molar-refractivity contribution in [1.82, 2.24) is 15.1 Å². The molecule has 112 valence electrons. The molecule has 2 aromatic rings. The smallest absolute Gasteiger partial charge is 0.131 e. The summed E-state index contributed by atoms with van der Waals surface area (Å²) in [4.78, 5) is 2.40. The van der Waals surface area contributed by atoms with Gasteiger partial charge in [0.1, 0.15) is 10.0 Å². The van der Waals surface area contributed by atoms with Crippen molar-refractivity contribution >= 4 is 22.9 Å². The van der Waals surface area contributed by atoms with Crippen LogP contribution < -0.4 is 0 Å². The summed E-state index contributed by atoms with van der Waals surface area (Å²) in [6, 6.07) is 8.29. The van der Waals surface area contributed by atoms with E-state index in [-0.39, 0.29) is 6.10 Å². The molecule has 0 spiro atoms. The summed E-state index contributed by atoms with van der Waals surface area (Å²) >= 11 is 7.73. The Morgan fingerprint density at radius 1 is 1.43 bits per heavy atom. The second-order valence-electron chi connectivity index (χ2n) is 5.37. The Hall–Kier alpha value is -1.01. The number of morpholine rings is 1. The zero-order valence-electron chi connectivity index (χ0n) is 12.1. The highest BCUT2D eigenvalue weighted by molar-refractivity contribution is 7.11. The second kappa shape index (κ2) is 6.40. The highest BCUT2D eigenvalue weighted by atomic mass is 35.5. The van der Waals surface area contributed by atoms with E-state index >= 15 is 0 Å². The van der Waals surface area contributed by atoms with E-state index in [0.29, 0.717) is 6.04 Å². The van der Waals surface area contributed by atoms with Gasteiger partial charge in [-0.05, 0) is 31.5 Å². The van der Waals surface area contributed by atoms with Crippen LogP contribution in [0, 0.1) is 6.92 Å². The average molecular weight is 324 g/mol. The largest absolute Gasteiger partial charge is 0.371 e. The average Bonchev–Trinajstić information content (AvgIpc) is 2.87. The summed E-state index contributed by atoms with van der Waals surface area (Å²) in [5.41, 5.74) is 1.13. The summed E-state index contributed by atoms with van der Waals surface area (Å²) in [5.74, 6) is 0. The first kappa shape index (κ1) is 14.9. The van der Waals surface area contributed by atoms with E-state index in [9.17, 15) is 0 Å². The van der Waals surface area contributed by atoms with Gasteiger partial charge in [-0.3, -0.25) is 4.90 Å². The molecule has 1 aliphatic heterocycles. The molecule has 0 bridgehead atoms. The zero-order chi connectivity index (χ0) is 14.8. The first-order chi connectivity index (χ1) is 10.1. The fourth-order valence-electron chi connectivity index (χ4n) is 2.51. The maximum absolute atomic E-state index is 6.08. The van der Waals surface area contributed by atoms with Crippen LogP contribution in [-0.4, -0.2) is 34.3 Å². The van der Waals surface area contributed by atoms with Gasteiger partial charge in [-0.2, -0.15) is 0 Å². The maximum Gasteiger partial charge on any atom is 0.131 e. The molecule has 2 atom stereocenters. The fourth-order valence-corrected chi connectivity index (χ4v) is 3.44. The Morgan fingerprint density at radius 2 is 2.29 bits per heavy atom. The number of benzene rings is 1. The van der Waals surface area contributed by atoms with Gasteiger partial charge in [0.05, 0.1) is 19.3 Å². The number of aryl methyl sites for hydroxylation is 1. The lowest BCUT2D eigenvalue weighted by molar-refractivity contribution is -0.0633. The van der Waals surface area contributed by atoms with Gasteiger partial charge < -0.3 is 4.74 Å². The van der Waals surface area contributed by atoms with Gasteiger partial charge in [0.25, 0.3) is 0 Å². The van der Waals surface area contributed by atoms with Gasteiger partial charge in [0.2, 0.25) is 0 Å². The predicted molar refractivity (Wildman–Crippen MR) is 84.7 cm³/mol. The Balaban J connectivity index is 1.72. The summed E-state index contributed by atoms with van der Waals surface area (Å²) in [7, 11) is 0. The molecule has 21 heavy (non-hydrogen) atoms. The molecule has 1 aromatic heterocycles. The Kier molecular flexibility index (Phi) is 4.54. The predicted octanol–water partition coefficient (Wildman–Crippen LogP) is 3.46. The summed E-state index contributed by atoms with van der Waals surface area (Å²) in [6.07, 6.45) is 0.0638. The normalized spacial score (nSPS) is 23.4. The zero-order valence-corrected chi connectivity index (χ0v) is 13.7. The SMILES string of the molecule is Cc1nnc(CN2C[C@H](c3cccc(Cl)c3)OC[C@H]2C)s1. The minimum absolute atomic E-state index is 0.0638. The van der Waals surface area contributed by atoms with Crippen molar-refractivity contribution in [3.05, 3.63) is 44.9 Å². The number of nitrogens with zero attached hydrogens (tertiary/aromatic N) is 3. The lowest BCUT2D eigenvalue weighted by Gasteiger charge is -2.37. The highest BCUT2D eigenvalue weighted by Gasteiger charge is 2.28. The minimum Gasteiger partial charge on any atom is -0.371 e. The maximum atomic E-state index is 6.08. The molecule has 0 N–H and O–H groups in total. The summed E-state index contributed by atoms with van der Waals surface area (Å²) in [5, 5.41) is 11.1. The molecule has 0 radical (unpaired) electrons. The van der Waals surface area contributed by atoms with Crippen molar-refractivity contribution in [3.8, 4) is 0 Å². The van der Waals surface area contributed by atoms with Gasteiger partial charge in [0.15, 0.2) is 0 Å². The van der Waals surface area contributed by atoms with Crippen LogP contribution in [-0.2, 0) is 11.3 Å².